The van der Waals surface area contributed by atoms with Crippen molar-refractivity contribution >= 4 is 11.6 Å². The van der Waals surface area contributed by atoms with Gasteiger partial charge in [0.2, 0.25) is 5.91 Å². The number of ether oxygens (including phenoxy) is 2. The van der Waals surface area contributed by atoms with Crippen molar-refractivity contribution < 1.29 is 14.3 Å². The van der Waals surface area contributed by atoms with Gasteiger partial charge in [-0.1, -0.05) is 25.8 Å². The van der Waals surface area contributed by atoms with Crippen molar-refractivity contribution in [3.63, 3.8) is 0 Å². The third-order valence-electron chi connectivity index (χ3n) is 4.18. The fourth-order valence-corrected chi connectivity index (χ4v) is 2.67. The van der Waals surface area contributed by atoms with Crippen molar-refractivity contribution in [1.29, 1.82) is 5.41 Å². The number of pyridine rings is 1. The SMILES string of the molecule is CCCCCOC1=C(OC)C=CC(C(=O)NCCc2ccncc2)C1=N. The molecule has 26 heavy (non-hydrogen) atoms. The molecule has 0 saturated heterocycles. The molecule has 1 aliphatic carbocycles. The van der Waals surface area contributed by atoms with Crippen LogP contribution in [0.5, 0.6) is 0 Å². The number of aromatic nitrogens is 1. The van der Waals surface area contributed by atoms with Gasteiger partial charge in [0.15, 0.2) is 11.5 Å². The first kappa shape index (κ1) is 19.7. The van der Waals surface area contributed by atoms with E-state index in [1.807, 2.05) is 12.1 Å². The van der Waals surface area contributed by atoms with E-state index in [2.05, 4.69) is 17.2 Å². The number of amides is 1. The molecule has 1 unspecified atom stereocenters. The van der Waals surface area contributed by atoms with E-state index < -0.39 is 5.92 Å². The predicted molar refractivity (Wildman–Crippen MR) is 101 cm³/mol. The van der Waals surface area contributed by atoms with Crippen LogP contribution in [-0.4, -0.2) is 36.9 Å². The Kier molecular flexibility index (Phi) is 7.86. The number of carbonyl (C=O) groups excluding carboxylic acids is 1. The molecule has 1 aliphatic rings. The first-order chi connectivity index (χ1) is 12.7. The molecule has 6 nitrogen and oxygen atoms in total. The van der Waals surface area contributed by atoms with Gasteiger partial charge in [-0.25, -0.2) is 0 Å². The lowest BCUT2D eigenvalue weighted by molar-refractivity contribution is -0.121. The topological polar surface area (TPSA) is 84.3 Å². The van der Waals surface area contributed by atoms with E-state index in [1.54, 1.807) is 24.5 Å². The van der Waals surface area contributed by atoms with Crippen LogP contribution in [0, 0.1) is 11.3 Å². The van der Waals surface area contributed by atoms with Gasteiger partial charge in [0, 0.05) is 18.9 Å². The molecule has 0 aliphatic heterocycles. The number of unbranched alkanes of at least 4 members (excludes halogenated alkanes) is 2. The number of nitrogens with zero attached hydrogens (tertiary/aromatic N) is 1. The summed E-state index contributed by atoms with van der Waals surface area (Å²) in [5.74, 6) is -0.00893. The van der Waals surface area contributed by atoms with Crippen molar-refractivity contribution in [2.75, 3.05) is 20.3 Å². The number of nitrogens with one attached hydrogen (secondary N) is 2. The number of rotatable bonds is 10. The quantitative estimate of drug-likeness (QED) is 0.631. The van der Waals surface area contributed by atoms with Gasteiger partial charge in [0.05, 0.1) is 19.4 Å². The Bertz CT molecular complexity index is 668. The second-order valence-electron chi connectivity index (χ2n) is 6.10. The molecule has 1 heterocycles. The number of carbonyl (C=O) groups is 1. The van der Waals surface area contributed by atoms with Crippen LogP contribution in [0.1, 0.15) is 31.7 Å². The average molecular weight is 357 g/mol. The van der Waals surface area contributed by atoms with E-state index in [0.717, 1.165) is 31.2 Å². The Labute approximate surface area is 154 Å². The highest BCUT2D eigenvalue weighted by Crippen LogP contribution is 2.23. The highest BCUT2D eigenvalue weighted by molar-refractivity contribution is 6.13. The maximum atomic E-state index is 12.5. The zero-order valence-corrected chi connectivity index (χ0v) is 15.5. The Hall–Kier alpha value is -2.63. The van der Waals surface area contributed by atoms with Crippen LogP contribution in [0.3, 0.4) is 0 Å². The van der Waals surface area contributed by atoms with E-state index in [4.69, 9.17) is 14.9 Å². The minimum Gasteiger partial charge on any atom is -0.493 e. The summed E-state index contributed by atoms with van der Waals surface area (Å²) in [5.41, 5.74) is 1.25. The lowest BCUT2D eigenvalue weighted by atomic mass is 9.95. The normalized spacial score (nSPS) is 16.5. The second-order valence-corrected chi connectivity index (χ2v) is 6.10. The van der Waals surface area contributed by atoms with Gasteiger partial charge in [-0.05, 0) is 36.6 Å². The van der Waals surface area contributed by atoms with Crippen LogP contribution in [-0.2, 0) is 20.7 Å². The lowest BCUT2D eigenvalue weighted by Crippen LogP contribution is -2.37. The van der Waals surface area contributed by atoms with Gasteiger partial charge in [0.25, 0.3) is 0 Å². The molecule has 0 spiro atoms. The summed E-state index contributed by atoms with van der Waals surface area (Å²) in [4.78, 5) is 16.5. The van der Waals surface area contributed by atoms with Crippen molar-refractivity contribution in [2.45, 2.75) is 32.6 Å². The molecule has 0 radical (unpaired) electrons. The summed E-state index contributed by atoms with van der Waals surface area (Å²) in [6.45, 7) is 3.15. The van der Waals surface area contributed by atoms with E-state index in [1.165, 1.54) is 7.11 Å². The second kappa shape index (κ2) is 10.4. The summed E-state index contributed by atoms with van der Waals surface area (Å²) < 4.78 is 11.0. The van der Waals surface area contributed by atoms with Gasteiger partial charge >= 0.3 is 0 Å². The summed E-state index contributed by atoms with van der Waals surface area (Å²) in [7, 11) is 1.54. The molecule has 0 aromatic carbocycles. The van der Waals surface area contributed by atoms with Gasteiger partial charge in [-0.2, -0.15) is 0 Å². The summed E-state index contributed by atoms with van der Waals surface area (Å²) >= 11 is 0. The number of hydrogen-bond acceptors (Lipinski definition) is 5. The molecule has 2 N–H and O–H groups in total. The highest BCUT2D eigenvalue weighted by atomic mass is 16.5. The molecule has 6 heteroatoms. The van der Waals surface area contributed by atoms with Crippen molar-refractivity contribution in [2.24, 2.45) is 5.92 Å². The molecule has 1 aromatic rings. The number of methoxy groups -OCH3 is 1. The highest BCUT2D eigenvalue weighted by Gasteiger charge is 2.30. The molecule has 1 aromatic heterocycles. The van der Waals surface area contributed by atoms with Gasteiger partial charge in [0.1, 0.15) is 5.92 Å². The van der Waals surface area contributed by atoms with Crippen LogP contribution in [0.2, 0.25) is 0 Å². The molecule has 0 fully saturated rings. The van der Waals surface area contributed by atoms with Crippen LogP contribution in [0.25, 0.3) is 0 Å². The van der Waals surface area contributed by atoms with E-state index in [9.17, 15) is 4.79 Å². The van der Waals surface area contributed by atoms with E-state index in [0.29, 0.717) is 24.7 Å². The van der Waals surface area contributed by atoms with E-state index in [-0.39, 0.29) is 11.6 Å². The molecule has 1 atom stereocenters. The zero-order chi connectivity index (χ0) is 18.8. The average Bonchev–Trinajstić information content (AvgIpc) is 2.66. The minimum absolute atomic E-state index is 0.141. The Balaban J connectivity index is 1.91. The Morgan fingerprint density at radius 1 is 1.31 bits per heavy atom. The summed E-state index contributed by atoms with van der Waals surface area (Å²) in [6.07, 6.45) is 10.7. The molecule has 2 rings (SSSR count). The zero-order valence-electron chi connectivity index (χ0n) is 15.5. The van der Waals surface area contributed by atoms with Crippen LogP contribution >= 0.6 is 0 Å². The fraction of sp³-hybridized carbons (Fsp3) is 0.450. The monoisotopic (exact) mass is 357 g/mol. The molecule has 1 amide bonds. The first-order valence-electron chi connectivity index (χ1n) is 9.02. The Morgan fingerprint density at radius 2 is 2.08 bits per heavy atom. The maximum absolute atomic E-state index is 12.5. The Morgan fingerprint density at radius 3 is 2.77 bits per heavy atom. The molecule has 0 bridgehead atoms. The van der Waals surface area contributed by atoms with E-state index >= 15 is 0 Å². The summed E-state index contributed by atoms with van der Waals surface area (Å²) in [5, 5.41) is 11.3. The predicted octanol–water partition coefficient (Wildman–Crippen LogP) is 3.01. The van der Waals surface area contributed by atoms with Gasteiger partial charge in [-0.15, -0.1) is 0 Å². The fourth-order valence-electron chi connectivity index (χ4n) is 2.67. The standard InChI is InChI=1S/C20H27N3O3/c1-3-4-5-14-26-19-17(25-2)7-6-16(18(19)21)20(24)23-13-10-15-8-11-22-12-9-15/h6-9,11-12,16,21H,3-5,10,13-14H2,1-2H3,(H,23,24). The molecular formula is C20H27N3O3. The number of allylic oxidation sites excluding steroid dienone is 2. The molecule has 0 saturated carbocycles. The molecular weight excluding hydrogens is 330 g/mol. The first-order valence-corrected chi connectivity index (χ1v) is 9.02. The third kappa shape index (κ3) is 5.44. The smallest absolute Gasteiger partial charge is 0.233 e. The van der Waals surface area contributed by atoms with Gasteiger partial charge < -0.3 is 20.2 Å². The van der Waals surface area contributed by atoms with Crippen LogP contribution in [0.4, 0.5) is 0 Å². The summed E-state index contributed by atoms with van der Waals surface area (Å²) in [6, 6.07) is 3.84. The number of hydrogen-bond donors (Lipinski definition) is 2. The van der Waals surface area contributed by atoms with Crippen molar-refractivity contribution in [1.82, 2.24) is 10.3 Å². The third-order valence-corrected chi connectivity index (χ3v) is 4.18. The maximum Gasteiger partial charge on any atom is 0.233 e. The lowest BCUT2D eigenvalue weighted by Gasteiger charge is -2.22. The van der Waals surface area contributed by atoms with Gasteiger partial charge in [-0.3, -0.25) is 9.78 Å². The van der Waals surface area contributed by atoms with Crippen molar-refractivity contribution in [3.05, 3.63) is 53.8 Å². The van der Waals surface area contributed by atoms with Crippen LogP contribution < -0.4 is 5.32 Å². The minimum atomic E-state index is -0.660. The largest absolute Gasteiger partial charge is 0.493 e. The molecule has 140 valence electrons. The van der Waals surface area contributed by atoms with Crippen molar-refractivity contribution in [3.8, 4) is 0 Å². The van der Waals surface area contributed by atoms with Crippen LogP contribution in [0.15, 0.2) is 48.2 Å².